The number of amides is 1. The van der Waals surface area contributed by atoms with E-state index in [0.717, 1.165) is 6.20 Å². The normalized spacial score (nSPS) is 23.2. The van der Waals surface area contributed by atoms with Gasteiger partial charge in [0.2, 0.25) is 0 Å². The molecule has 1 heterocycles. The van der Waals surface area contributed by atoms with Gasteiger partial charge in [-0.1, -0.05) is 12.1 Å². The summed E-state index contributed by atoms with van der Waals surface area (Å²) in [5.74, 6) is -1.48. The lowest BCUT2D eigenvalue weighted by Gasteiger charge is -2.29. The maximum absolute atomic E-state index is 14.0. The van der Waals surface area contributed by atoms with E-state index in [2.05, 4.69) is 4.98 Å². The van der Waals surface area contributed by atoms with Crippen LogP contribution in [0.15, 0.2) is 36.7 Å². The van der Waals surface area contributed by atoms with Crippen molar-refractivity contribution in [3.05, 3.63) is 65.0 Å². The molecule has 6 heteroatoms. The quantitative estimate of drug-likeness (QED) is 0.669. The minimum Gasteiger partial charge on any atom is -0.289 e. The molecule has 0 saturated heterocycles. The van der Waals surface area contributed by atoms with Crippen LogP contribution in [0.2, 0.25) is 0 Å². The van der Waals surface area contributed by atoms with Gasteiger partial charge in [0.25, 0.3) is 5.91 Å². The summed E-state index contributed by atoms with van der Waals surface area (Å²) in [4.78, 5) is 16.3. The molecule has 2 aromatic rings. The molecular formula is C18H18F2N2O2. The van der Waals surface area contributed by atoms with Gasteiger partial charge in [-0.2, -0.15) is 0 Å². The van der Waals surface area contributed by atoms with Crippen molar-refractivity contribution in [1.82, 2.24) is 10.5 Å². The third-order valence-electron chi connectivity index (χ3n) is 5.03. The molecule has 0 bridgehead atoms. The Hall–Kier alpha value is -2.34. The van der Waals surface area contributed by atoms with Crippen molar-refractivity contribution in [2.75, 3.05) is 0 Å². The number of hydrogen-bond acceptors (Lipinski definition) is 3. The second-order valence-corrected chi connectivity index (χ2v) is 6.31. The first-order valence-corrected chi connectivity index (χ1v) is 7.78. The zero-order chi connectivity index (χ0) is 17.3. The van der Waals surface area contributed by atoms with Crippen LogP contribution in [0.3, 0.4) is 0 Å². The van der Waals surface area contributed by atoms with Gasteiger partial charge < -0.3 is 0 Å². The number of nitrogens with one attached hydrogen (secondary N) is 1. The standard InChI is InChI=1S/C18H18F2N2O2/c1-11-15(3-2-4-16(11)20)18(17(23)22-24)6-5-12(8-18)13-7-14(19)10-21-9-13/h2-4,7,9-10,12,24H,5-6,8H2,1H3,(H,22,23). The minimum atomic E-state index is -1.04. The molecule has 24 heavy (non-hydrogen) atoms. The van der Waals surface area contributed by atoms with Gasteiger partial charge in [-0.3, -0.25) is 15.0 Å². The van der Waals surface area contributed by atoms with E-state index in [1.54, 1.807) is 30.7 Å². The summed E-state index contributed by atoms with van der Waals surface area (Å²) in [6.45, 7) is 1.62. The lowest BCUT2D eigenvalue weighted by atomic mass is 9.75. The number of benzene rings is 1. The Morgan fingerprint density at radius 3 is 2.88 bits per heavy atom. The number of carbonyl (C=O) groups excluding carboxylic acids is 1. The largest absolute Gasteiger partial charge is 0.289 e. The summed E-state index contributed by atoms with van der Waals surface area (Å²) in [6, 6.07) is 6.01. The van der Waals surface area contributed by atoms with Gasteiger partial charge in [0.1, 0.15) is 11.6 Å². The van der Waals surface area contributed by atoms with E-state index in [1.165, 1.54) is 12.1 Å². The molecule has 3 rings (SSSR count). The highest BCUT2D eigenvalue weighted by atomic mass is 19.1. The van der Waals surface area contributed by atoms with Crippen LogP contribution in [0.25, 0.3) is 0 Å². The van der Waals surface area contributed by atoms with Gasteiger partial charge in [0.15, 0.2) is 0 Å². The number of halogens is 2. The van der Waals surface area contributed by atoms with E-state index in [0.29, 0.717) is 36.0 Å². The molecular weight excluding hydrogens is 314 g/mol. The first kappa shape index (κ1) is 16.5. The summed E-state index contributed by atoms with van der Waals surface area (Å²) in [5, 5.41) is 9.22. The zero-order valence-electron chi connectivity index (χ0n) is 13.2. The maximum atomic E-state index is 14.0. The van der Waals surface area contributed by atoms with Crippen LogP contribution in [0.5, 0.6) is 0 Å². The number of hydroxylamine groups is 1. The summed E-state index contributed by atoms with van der Waals surface area (Å²) in [7, 11) is 0. The summed E-state index contributed by atoms with van der Waals surface area (Å²) in [5.41, 5.74) is 2.33. The van der Waals surface area contributed by atoms with Crippen LogP contribution < -0.4 is 5.48 Å². The van der Waals surface area contributed by atoms with Crippen molar-refractivity contribution in [1.29, 1.82) is 0 Å². The van der Waals surface area contributed by atoms with Gasteiger partial charge in [0.05, 0.1) is 11.6 Å². The molecule has 1 saturated carbocycles. The Morgan fingerprint density at radius 1 is 1.38 bits per heavy atom. The first-order valence-electron chi connectivity index (χ1n) is 7.78. The van der Waals surface area contributed by atoms with Gasteiger partial charge in [0, 0.05) is 6.20 Å². The minimum absolute atomic E-state index is 0.0897. The third kappa shape index (κ3) is 2.67. The molecule has 1 aliphatic rings. The molecule has 1 amide bonds. The van der Waals surface area contributed by atoms with Crippen molar-refractivity contribution in [2.45, 2.75) is 37.5 Å². The molecule has 2 unspecified atom stereocenters. The Bertz CT molecular complexity index is 781. The van der Waals surface area contributed by atoms with Crippen molar-refractivity contribution >= 4 is 5.91 Å². The van der Waals surface area contributed by atoms with Gasteiger partial charge in [-0.25, -0.2) is 14.3 Å². The fraction of sp³-hybridized carbons (Fsp3) is 0.333. The first-order chi connectivity index (χ1) is 11.5. The zero-order valence-corrected chi connectivity index (χ0v) is 13.2. The van der Waals surface area contributed by atoms with Gasteiger partial charge >= 0.3 is 0 Å². The monoisotopic (exact) mass is 332 g/mol. The van der Waals surface area contributed by atoms with E-state index < -0.39 is 23.0 Å². The Kier molecular flexibility index (Phi) is 4.32. The van der Waals surface area contributed by atoms with Crippen LogP contribution in [0.4, 0.5) is 8.78 Å². The number of pyridine rings is 1. The second-order valence-electron chi connectivity index (χ2n) is 6.31. The van der Waals surface area contributed by atoms with Crippen LogP contribution in [-0.2, 0) is 10.2 Å². The molecule has 0 spiro atoms. The number of aromatic nitrogens is 1. The van der Waals surface area contributed by atoms with Gasteiger partial charge in [-0.05, 0) is 60.9 Å². The molecule has 2 N–H and O–H groups in total. The predicted octanol–water partition coefficient (Wildman–Crippen LogP) is 3.38. The van der Waals surface area contributed by atoms with Crippen LogP contribution in [0.1, 0.15) is 41.9 Å². The second kappa shape index (κ2) is 6.28. The molecule has 1 aromatic carbocycles. The molecule has 0 radical (unpaired) electrons. The van der Waals surface area contributed by atoms with Crippen molar-refractivity contribution < 1.29 is 18.8 Å². The van der Waals surface area contributed by atoms with Gasteiger partial charge in [-0.15, -0.1) is 0 Å². The lowest BCUT2D eigenvalue weighted by molar-refractivity contribution is -0.135. The molecule has 0 aliphatic heterocycles. The average molecular weight is 332 g/mol. The van der Waals surface area contributed by atoms with E-state index in [4.69, 9.17) is 0 Å². The average Bonchev–Trinajstić information content (AvgIpc) is 3.03. The number of carbonyl (C=O) groups is 1. The Labute approximate surface area is 138 Å². The van der Waals surface area contributed by atoms with Crippen molar-refractivity contribution in [3.63, 3.8) is 0 Å². The summed E-state index contributed by atoms with van der Waals surface area (Å²) < 4.78 is 27.4. The number of hydrogen-bond donors (Lipinski definition) is 2. The van der Waals surface area contributed by atoms with E-state index in [1.807, 2.05) is 0 Å². The molecule has 1 aliphatic carbocycles. The fourth-order valence-corrected chi connectivity index (χ4v) is 3.79. The highest BCUT2D eigenvalue weighted by molar-refractivity contribution is 5.88. The fourth-order valence-electron chi connectivity index (χ4n) is 3.79. The Morgan fingerprint density at radius 2 is 2.17 bits per heavy atom. The number of rotatable bonds is 3. The smallest absolute Gasteiger partial charge is 0.254 e. The third-order valence-corrected chi connectivity index (χ3v) is 5.03. The summed E-state index contributed by atoms with van der Waals surface area (Å²) in [6.07, 6.45) is 4.12. The lowest BCUT2D eigenvalue weighted by Crippen LogP contribution is -2.42. The van der Waals surface area contributed by atoms with Crippen molar-refractivity contribution in [2.24, 2.45) is 0 Å². The topological polar surface area (TPSA) is 62.2 Å². The summed E-state index contributed by atoms with van der Waals surface area (Å²) >= 11 is 0. The highest BCUT2D eigenvalue weighted by Gasteiger charge is 2.48. The van der Waals surface area contributed by atoms with E-state index in [-0.39, 0.29) is 5.92 Å². The molecule has 2 atom stereocenters. The molecule has 126 valence electrons. The molecule has 1 fully saturated rings. The number of nitrogens with zero attached hydrogens (tertiary/aromatic N) is 1. The maximum Gasteiger partial charge on any atom is 0.254 e. The van der Waals surface area contributed by atoms with Crippen LogP contribution in [0, 0.1) is 18.6 Å². The highest BCUT2D eigenvalue weighted by Crippen LogP contribution is 2.49. The predicted molar refractivity (Wildman–Crippen MR) is 83.5 cm³/mol. The van der Waals surface area contributed by atoms with Crippen LogP contribution in [-0.4, -0.2) is 16.1 Å². The van der Waals surface area contributed by atoms with E-state index >= 15 is 0 Å². The molecule has 1 aromatic heterocycles. The Balaban J connectivity index is 2.03. The van der Waals surface area contributed by atoms with Crippen molar-refractivity contribution in [3.8, 4) is 0 Å². The van der Waals surface area contributed by atoms with E-state index in [9.17, 15) is 18.8 Å². The SMILES string of the molecule is Cc1c(F)cccc1C1(C(=O)NO)CCC(c2cncc(F)c2)C1. The van der Waals surface area contributed by atoms with Crippen LogP contribution >= 0.6 is 0 Å². The molecule has 4 nitrogen and oxygen atoms in total.